The lowest BCUT2D eigenvalue weighted by Crippen LogP contribution is -2.43. The first kappa shape index (κ1) is 26.9. The van der Waals surface area contributed by atoms with Crippen LogP contribution >= 0.6 is 35.5 Å². The van der Waals surface area contributed by atoms with Gasteiger partial charge in [-0.3, -0.25) is 14.6 Å². The second-order valence-electron chi connectivity index (χ2n) is 7.71. The molecule has 7 nitrogen and oxygen atoms in total. The van der Waals surface area contributed by atoms with Crippen LogP contribution in [0.1, 0.15) is 6.42 Å². The second-order valence-corrected chi connectivity index (χ2v) is 11.7. The van der Waals surface area contributed by atoms with Crippen LogP contribution in [0.25, 0.3) is 10.2 Å². The Morgan fingerprint density at radius 1 is 1.18 bits per heavy atom. The molecule has 1 aliphatic rings. The van der Waals surface area contributed by atoms with Gasteiger partial charge >= 0.3 is 0 Å². The van der Waals surface area contributed by atoms with Gasteiger partial charge in [-0.15, -0.1) is 24.2 Å². The Kier molecular flexibility index (Phi) is 9.75. The highest BCUT2D eigenvalue weighted by Crippen LogP contribution is 2.32. The van der Waals surface area contributed by atoms with Crippen LogP contribution < -0.4 is 4.90 Å². The van der Waals surface area contributed by atoms with Crippen molar-refractivity contribution < 1.29 is 17.9 Å². The van der Waals surface area contributed by atoms with Crippen LogP contribution in [0.3, 0.4) is 0 Å². The fourth-order valence-electron chi connectivity index (χ4n) is 3.63. The first-order chi connectivity index (χ1) is 16.0. The Morgan fingerprint density at radius 3 is 2.62 bits per heavy atom. The number of ether oxygens (including phenoxy) is 1. The molecule has 2 heterocycles. The Balaban J connectivity index is 0.00000324. The lowest BCUT2D eigenvalue weighted by molar-refractivity contribution is -0.118. The summed E-state index contributed by atoms with van der Waals surface area (Å²) in [4.78, 5) is 23.3. The van der Waals surface area contributed by atoms with Crippen molar-refractivity contribution in [3.8, 4) is 0 Å². The molecule has 1 aliphatic heterocycles. The third-order valence-corrected chi connectivity index (χ3v) is 9.05. The number of sulfone groups is 1. The highest BCUT2D eigenvalue weighted by molar-refractivity contribution is 7.98. The van der Waals surface area contributed by atoms with Gasteiger partial charge in [0.2, 0.25) is 5.91 Å². The minimum atomic E-state index is -3.53. The molecular weight excluding hydrogens is 514 g/mol. The Labute approximate surface area is 214 Å². The van der Waals surface area contributed by atoms with Gasteiger partial charge in [-0.2, -0.15) is 0 Å². The van der Waals surface area contributed by atoms with Gasteiger partial charge in [0.25, 0.3) is 0 Å². The summed E-state index contributed by atoms with van der Waals surface area (Å²) in [5.74, 6) is -0.460. The van der Waals surface area contributed by atoms with Crippen molar-refractivity contribution in [1.29, 1.82) is 0 Å². The maximum absolute atomic E-state index is 13.3. The average Bonchev–Trinajstić information content (AvgIpc) is 3.27. The lowest BCUT2D eigenvalue weighted by Gasteiger charge is -2.29. The molecule has 0 aliphatic carbocycles. The van der Waals surface area contributed by atoms with Gasteiger partial charge in [-0.1, -0.05) is 29.5 Å². The summed E-state index contributed by atoms with van der Waals surface area (Å²) in [6.07, 6.45) is 1.93. The van der Waals surface area contributed by atoms with E-state index < -0.39 is 9.84 Å². The summed E-state index contributed by atoms with van der Waals surface area (Å²) < 4.78 is 31.8. The third-order valence-electron chi connectivity index (χ3n) is 5.55. The number of nitrogens with zero attached hydrogens (tertiary/aromatic N) is 3. The first-order valence-corrected chi connectivity index (χ1v) is 14.5. The fraction of sp³-hybridized carbons (Fsp3) is 0.391. The lowest BCUT2D eigenvalue weighted by atomic mass is 10.3. The maximum Gasteiger partial charge on any atom is 0.229 e. The zero-order chi connectivity index (χ0) is 23.3. The van der Waals surface area contributed by atoms with Crippen LogP contribution in [0, 0.1) is 0 Å². The van der Waals surface area contributed by atoms with Crippen molar-refractivity contribution in [2.45, 2.75) is 16.2 Å². The molecule has 0 atom stereocenters. The fourth-order valence-corrected chi connectivity index (χ4v) is 6.44. The summed E-state index contributed by atoms with van der Waals surface area (Å²) in [5.41, 5.74) is 0.842. The number of carbonyl (C=O) groups excluding carboxylic acids is 1. The molecule has 3 aromatic rings. The van der Waals surface area contributed by atoms with E-state index in [0.29, 0.717) is 31.4 Å². The zero-order valence-corrected chi connectivity index (χ0v) is 22.1. The molecule has 11 heteroatoms. The Morgan fingerprint density at radius 2 is 1.91 bits per heavy atom. The number of morpholine rings is 1. The topological polar surface area (TPSA) is 79.8 Å². The predicted octanol–water partition coefficient (Wildman–Crippen LogP) is 3.97. The quantitative estimate of drug-likeness (QED) is 0.379. The van der Waals surface area contributed by atoms with E-state index in [4.69, 9.17) is 9.72 Å². The summed E-state index contributed by atoms with van der Waals surface area (Å²) in [6, 6.07) is 14.3. The molecule has 0 saturated carbocycles. The van der Waals surface area contributed by atoms with Gasteiger partial charge in [0.1, 0.15) is 0 Å². The highest BCUT2D eigenvalue weighted by Gasteiger charge is 2.24. The Bertz CT molecular complexity index is 1200. The monoisotopic (exact) mass is 541 g/mol. The minimum absolute atomic E-state index is 0. The smallest absolute Gasteiger partial charge is 0.229 e. The van der Waals surface area contributed by atoms with Crippen molar-refractivity contribution in [1.82, 2.24) is 9.88 Å². The summed E-state index contributed by atoms with van der Waals surface area (Å²) in [6.45, 7) is 4.15. The number of hydrogen-bond donors (Lipinski definition) is 0. The van der Waals surface area contributed by atoms with Crippen molar-refractivity contribution in [3.05, 3.63) is 48.5 Å². The molecule has 0 spiro atoms. The predicted molar refractivity (Wildman–Crippen MR) is 141 cm³/mol. The molecular formula is C23H28ClN3O4S3. The normalized spacial score (nSPS) is 14.6. The van der Waals surface area contributed by atoms with Crippen LogP contribution in [0.5, 0.6) is 0 Å². The summed E-state index contributed by atoms with van der Waals surface area (Å²) >= 11 is 3.13. The number of carbonyl (C=O) groups is 1. The molecule has 0 radical (unpaired) electrons. The number of benzene rings is 2. The Hall–Kier alpha value is -1.69. The SMILES string of the molecule is CSc1ccc2nc(N(CCN3CCOCC3)C(=O)CCS(=O)(=O)c3ccccc3)sc2c1.Cl. The van der Waals surface area contributed by atoms with Gasteiger partial charge in [0.05, 0.1) is 34.1 Å². The number of fused-ring (bicyclic) bond motifs is 1. The third kappa shape index (κ3) is 6.71. The van der Waals surface area contributed by atoms with Crippen molar-refractivity contribution in [3.63, 3.8) is 0 Å². The van der Waals surface area contributed by atoms with Gasteiger partial charge in [-0.05, 0) is 36.6 Å². The zero-order valence-electron chi connectivity index (χ0n) is 18.9. The van der Waals surface area contributed by atoms with E-state index in [-0.39, 0.29) is 35.4 Å². The number of rotatable bonds is 9. The first-order valence-electron chi connectivity index (χ1n) is 10.8. The molecule has 0 unspecified atom stereocenters. The van der Waals surface area contributed by atoms with Crippen molar-refractivity contribution in [2.24, 2.45) is 0 Å². The standard InChI is InChI=1S/C23H27N3O4S3.ClH/c1-31-18-7-8-20-21(17-18)32-23(24-20)26(11-10-25-12-14-30-15-13-25)22(27)9-16-33(28,29)19-5-3-2-4-6-19;/h2-8,17H,9-16H2,1H3;1H. The van der Waals surface area contributed by atoms with Crippen molar-refractivity contribution in [2.75, 3.05) is 56.3 Å². The van der Waals surface area contributed by atoms with Crippen LogP contribution in [0.4, 0.5) is 5.13 Å². The number of aromatic nitrogens is 1. The van der Waals surface area contributed by atoms with Crippen LogP contribution in [0.2, 0.25) is 0 Å². The number of amides is 1. The molecule has 0 bridgehead atoms. The highest BCUT2D eigenvalue weighted by atomic mass is 35.5. The summed E-state index contributed by atoms with van der Waals surface area (Å²) in [5, 5.41) is 0.610. The molecule has 1 fully saturated rings. The van der Waals surface area contributed by atoms with E-state index in [0.717, 1.165) is 28.2 Å². The maximum atomic E-state index is 13.3. The van der Waals surface area contributed by atoms with Crippen LogP contribution in [-0.2, 0) is 19.4 Å². The molecule has 0 N–H and O–H groups in total. The molecule has 184 valence electrons. The molecule has 1 saturated heterocycles. The average molecular weight is 542 g/mol. The number of halogens is 1. The molecule has 34 heavy (non-hydrogen) atoms. The van der Waals surface area contributed by atoms with E-state index in [1.807, 2.05) is 18.4 Å². The minimum Gasteiger partial charge on any atom is -0.379 e. The van der Waals surface area contributed by atoms with E-state index in [2.05, 4.69) is 11.0 Å². The van der Waals surface area contributed by atoms with Gasteiger partial charge in [0.15, 0.2) is 15.0 Å². The number of hydrogen-bond acceptors (Lipinski definition) is 8. The van der Waals surface area contributed by atoms with Gasteiger partial charge in [-0.25, -0.2) is 13.4 Å². The second kappa shape index (κ2) is 12.3. The van der Waals surface area contributed by atoms with Gasteiger partial charge < -0.3 is 4.74 Å². The number of anilines is 1. The van der Waals surface area contributed by atoms with Gasteiger partial charge in [0, 0.05) is 37.5 Å². The van der Waals surface area contributed by atoms with E-state index in [9.17, 15) is 13.2 Å². The molecule has 1 amide bonds. The largest absolute Gasteiger partial charge is 0.379 e. The van der Waals surface area contributed by atoms with E-state index >= 15 is 0 Å². The van der Waals surface area contributed by atoms with Crippen LogP contribution in [-0.4, -0.2) is 75.6 Å². The summed E-state index contributed by atoms with van der Waals surface area (Å²) in [7, 11) is -3.53. The molecule has 2 aromatic carbocycles. The molecule has 1 aromatic heterocycles. The number of thiazole rings is 1. The van der Waals surface area contributed by atoms with E-state index in [1.165, 1.54) is 11.3 Å². The number of thioether (sulfide) groups is 1. The molecule has 4 rings (SSSR count). The van der Waals surface area contributed by atoms with Crippen molar-refractivity contribution >= 4 is 66.6 Å². The van der Waals surface area contributed by atoms with E-state index in [1.54, 1.807) is 47.0 Å². The van der Waals surface area contributed by atoms with Crippen LogP contribution in [0.15, 0.2) is 58.3 Å².